The molecule has 0 radical (unpaired) electrons. The van der Waals surface area contributed by atoms with Crippen LogP contribution in [0.2, 0.25) is 5.02 Å². The minimum atomic E-state index is 0.182. The maximum absolute atomic E-state index is 11.8. The highest BCUT2D eigenvalue weighted by atomic mass is 79.9. The van der Waals surface area contributed by atoms with Gasteiger partial charge in [0.25, 0.3) is 0 Å². The van der Waals surface area contributed by atoms with Gasteiger partial charge >= 0.3 is 0 Å². The van der Waals surface area contributed by atoms with Gasteiger partial charge in [0.15, 0.2) is 5.78 Å². The van der Waals surface area contributed by atoms with Crippen LogP contribution in [0.3, 0.4) is 0 Å². The van der Waals surface area contributed by atoms with Gasteiger partial charge in [-0.25, -0.2) is 0 Å². The van der Waals surface area contributed by atoms with Crippen LogP contribution in [0.25, 0.3) is 0 Å². The number of Topliss-reactive ketones (excluding diaryl/α,β-unsaturated/α-hetero) is 1. The summed E-state index contributed by atoms with van der Waals surface area (Å²) in [5.74, 6) is 0.619. The molecule has 0 aliphatic rings. The van der Waals surface area contributed by atoms with Gasteiger partial charge in [0.1, 0.15) is 0 Å². The maximum atomic E-state index is 11.8. The molecule has 0 aliphatic carbocycles. The first-order valence-electron chi connectivity index (χ1n) is 5.02. The number of benzene rings is 1. The van der Waals surface area contributed by atoms with Crippen LogP contribution in [0.5, 0.6) is 0 Å². The molecule has 15 heavy (non-hydrogen) atoms. The van der Waals surface area contributed by atoms with E-state index < -0.39 is 0 Å². The van der Waals surface area contributed by atoms with E-state index in [1.807, 2.05) is 0 Å². The van der Waals surface area contributed by atoms with Crippen LogP contribution in [-0.4, -0.2) is 5.78 Å². The van der Waals surface area contributed by atoms with E-state index in [-0.39, 0.29) is 5.78 Å². The van der Waals surface area contributed by atoms with Crippen LogP contribution in [0.1, 0.15) is 37.0 Å². The molecule has 0 spiro atoms. The van der Waals surface area contributed by atoms with Gasteiger partial charge in [-0.15, -0.1) is 0 Å². The Kier molecular flexibility index (Phi) is 4.81. The molecule has 0 amide bonds. The first-order chi connectivity index (χ1) is 7.04. The molecule has 0 bridgehead atoms. The lowest BCUT2D eigenvalue weighted by atomic mass is 9.98. The normalized spacial score (nSPS) is 12.5. The Bertz CT molecular complexity index is 363. The molecule has 1 aromatic rings. The van der Waals surface area contributed by atoms with E-state index in [9.17, 15) is 4.79 Å². The molecule has 1 atom stereocenters. The number of carbonyl (C=O) groups excluding carboxylic acids is 1. The Balaban J connectivity index is 2.78. The second kappa shape index (κ2) is 5.66. The van der Waals surface area contributed by atoms with Crippen molar-refractivity contribution >= 4 is 33.3 Å². The third-order valence-corrected chi connectivity index (χ3v) is 3.69. The van der Waals surface area contributed by atoms with Crippen molar-refractivity contribution in [3.05, 3.63) is 33.3 Å². The number of hydrogen-bond acceptors (Lipinski definition) is 1. The molecule has 0 saturated heterocycles. The maximum Gasteiger partial charge on any atom is 0.163 e. The summed E-state index contributed by atoms with van der Waals surface area (Å²) in [4.78, 5) is 11.8. The molecule has 1 aromatic carbocycles. The van der Waals surface area contributed by atoms with Crippen molar-refractivity contribution in [3.8, 4) is 0 Å². The minimum Gasteiger partial charge on any atom is -0.294 e. The standard InChI is InChI=1S/C12H14BrClO/c1-3-8(2)6-12(15)9-4-5-11(14)10(13)7-9/h4-5,7-8H,3,6H2,1-2H3. The zero-order valence-corrected chi connectivity index (χ0v) is 11.2. The molecule has 82 valence electrons. The van der Waals surface area contributed by atoms with Crippen LogP contribution in [0.4, 0.5) is 0 Å². The van der Waals surface area contributed by atoms with Gasteiger partial charge < -0.3 is 0 Å². The van der Waals surface area contributed by atoms with Crippen LogP contribution >= 0.6 is 27.5 Å². The van der Waals surface area contributed by atoms with Gasteiger partial charge in [0.2, 0.25) is 0 Å². The van der Waals surface area contributed by atoms with Crippen molar-refractivity contribution in [1.82, 2.24) is 0 Å². The average molecular weight is 290 g/mol. The van der Waals surface area contributed by atoms with E-state index >= 15 is 0 Å². The van der Waals surface area contributed by atoms with E-state index in [0.29, 0.717) is 17.4 Å². The van der Waals surface area contributed by atoms with E-state index in [0.717, 1.165) is 16.5 Å². The van der Waals surface area contributed by atoms with E-state index in [2.05, 4.69) is 29.8 Å². The Morgan fingerprint density at radius 3 is 2.73 bits per heavy atom. The highest BCUT2D eigenvalue weighted by molar-refractivity contribution is 9.10. The van der Waals surface area contributed by atoms with Crippen molar-refractivity contribution in [1.29, 1.82) is 0 Å². The summed E-state index contributed by atoms with van der Waals surface area (Å²) in [6.45, 7) is 4.18. The summed E-state index contributed by atoms with van der Waals surface area (Å²) in [7, 11) is 0. The zero-order valence-electron chi connectivity index (χ0n) is 8.89. The summed E-state index contributed by atoms with van der Waals surface area (Å²) >= 11 is 9.17. The van der Waals surface area contributed by atoms with Crippen molar-refractivity contribution in [2.45, 2.75) is 26.7 Å². The number of rotatable bonds is 4. The van der Waals surface area contributed by atoms with Crippen molar-refractivity contribution < 1.29 is 4.79 Å². The summed E-state index contributed by atoms with van der Waals surface area (Å²) < 4.78 is 0.777. The first kappa shape index (κ1) is 12.7. The molecule has 0 saturated carbocycles. The second-order valence-corrected chi connectivity index (χ2v) is 5.03. The molecule has 0 aliphatic heterocycles. The molecule has 1 rings (SSSR count). The lowest BCUT2D eigenvalue weighted by molar-refractivity contribution is 0.0963. The van der Waals surface area contributed by atoms with E-state index in [1.165, 1.54) is 0 Å². The molecule has 1 unspecified atom stereocenters. The zero-order chi connectivity index (χ0) is 11.4. The molecule has 3 heteroatoms. The Labute approximate surface area is 104 Å². The van der Waals surface area contributed by atoms with Gasteiger partial charge in [-0.3, -0.25) is 4.79 Å². The average Bonchev–Trinajstić information content (AvgIpc) is 2.21. The van der Waals surface area contributed by atoms with Gasteiger partial charge in [-0.2, -0.15) is 0 Å². The monoisotopic (exact) mass is 288 g/mol. The highest BCUT2D eigenvalue weighted by Crippen LogP contribution is 2.24. The SMILES string of the molecule is CCC(C)CC(=O)c1ccc(Cl)c(Br)c1. The molecular formula is C12H14BrClO. The minimum absolute atomic E-state index is 0.182. The highest BCUT2D eigenvalue weighted by Gasteiger charge is 2.11. The number of carbonyl (C=O) groups is 1. The fourth-order valence-corrected chi connectivity index (χ4v) is 1.74. The molecule has 0 N–H and O–H groups in total. The lowest BCUT2D eigenvalue weighted by Crippen LogP contribution is -2.05. The molecule has 0 heterocycles. The molecular weight excluding hydrogens is 275 g/mol. The fraction of sp³-hybridized carbons (Fsp3) is 0.417. The summed E-state index contributed by atoms with van der Waals surface area (Å²) in [5, 5.41) is 0.634. The van der Waals surface area contributed by atoms with Gasteiger partial charge in [0.05, 0.1) is 5.02 Å². The van der Waals surface area contributed by atoms with E-state index in [4.69, 9.17) is 11.6 Å². The topological polar surface area (TPSA) is 17.1 Å². The predicted octanol–water partition coefficient (Wildman–Crippen LogP) is 4.72. The van der Waals surface area contributed by atoms with Crippen LogP contribution in [0, 0.1) is 5.92 Å². The third-order valence-electron chi connectivity index (χ3n) is 2.47. The van der Waals surface area contributed by atoms with Crippen LogP contribution in [-0.2, 0) is 0 Å². The van der Waals surface area contributed by atoms with Crippen LogP contribution < -0.4 is 0 Å². The van der Waals surface area contributed by atoms with Crippen molar-refractivity contribution in [2.24, 2.45) is 5.92 Å². The Morgan fingerprint density at radius 1 is 1.53 bits per heavy atom. The smallest absolute Gasteiger partial charge is 0.163 e. The Morgan fingerprint density at radius 2 is 2.20 bits per heavy atom. The number of ketones is 1. The molecule has 0 fully saturated rings. The first-order valence-corrected chi connectivity index (χ1v) is 6.20. The molecule has 0 aromatic heterocycles. The second-order valence-electron chi connectivity index (χ2n) is 3.77. The predicted molar refractivity (Wildman–Crippen MR) is 67.6 cm³/mol. The molecule has 1 nitrogen and oxygen atoms in total. The summed E-state index contributed by atoms with van der Waals surface area (Å²) in [5.41, 5.74) is 0.728. The van der Waals surface area contributed by atoms with E-state index in [1.54, 1.807) is 18.2 Å². The van der Waals surface area contributed by atoms with Gasteiger partial charge in [-0.1, -0.05) is 31.9 Å². The fourth-order valence-electron chi connectivity index (χ4n) is 1.25. The van der Waals surface area contributed by atoms with Crippen molar-refractivity contribution in [2.75, 3.05) is 0 Å². The largest absolute Gasteiger partial charge is 0.294 e. The van der Waals surface area contributed by atoms with Crippen molar-refractivity contribution in [3.63, 3.8) is 0 Å². The lowest BCUT2D eigenvalue weighted by Gasteiger charge is -2.07. The summed E-state index contributed by atoms with van der Waals surface area (Å²) in [6.07, 6.45) is 1.63. The number of hydrogen-bond donors (Lipinski definition) is 0. The Hall–Kier alpha value is -0.340. The van der Waals surface area contributed by atoms with Crippen LogP contribution in [0.15, 0.2) is 22.7 Å². The van der Waals surface area contributed by atoms with Gasteiger partial charge in [-0.05, 0) is 40.0 Å². The third kappa shape index (κ3) is 3.62. The van der Waals surface area contributed by atoms with Gasteiger partial charge in [0, 0.05) is 16.5 Å². The summed E-state index contributed by atoms with van der Waals surface area (Å²) in [6, 6.07) is 5.31. The number of halogens is 2. The quantitative estimate of drug-likeness (QED) is 0.733.